The van der Waals surface area contributed by atoms with Crippen molar-refractivity contribution in [1.29, 1.82) is 0 Å². The summed E-state index contributed by atoms with van der Waals surface area (Å²) in [5, 5.41) is 0. The van der Waals surface area contributed by atoms with Crippen molar-refractivity contribution in [2.75, 3.05) is 13.7 Å². The maximum atomic E-state index is 12.9. The molecule has 2 aliphatic rings. The van der Waals surface area contributed by atoms with Gasteiger partial charge in [0.2, 0.25) is 0 Å². The SMILES string of the molecule is CCCCCCCC(=O)O[C@@H]1[C@@H](OC(=O)CCCCCCC)[C@@H](OC)O[C@@H]2COC(c3ccccc3)O[C@@H]12. The van der Waals surface area contributed by atoms with Gasteiger partial charge in [-0.15, -0.1) is 0 Å². The van der Waals surface area contributed by atoms with Gasteiger partial charge in [-0.1, -0.05) is 95.5 Å². The Kier molecular flexibility index (Phi) is 13.5. The molecule has 0 aliphatic carbocycles. The average Bonchev–Trinajstić information content (AvgIpc) is 2.94. The zero-order chi connectivity index (χ0) is 27.2. The van der Waals surface area contributed by atoms with Crippen molar-refractivity contribution in [3.8, 4) is 0 Å². The van der Waals surface area contributed by atoms with E-state index in [-0.39, 0.29) is 18.5 Å². The molecule has 1 aromatic carbocycles. The Morgan fingerprint density at radius 1 is 0.789 bits per heavy atom. The third kappa shape index (κ3) is 9.33. The van der Waals surface area contributed by atoms with Gasteiger partial charge in [-0.3, -0.25) is 9.59 Å². The number of hydrogen-bond acceptors (Lipinski definition) is 8. The number of carbonyl (C=O) groups is 2. The number of methoxy groups -OCH3 is 1. The minimum absolute atomic E-state index is 0.229. The van der Waals surface area contributed by atoms with E-state index >= 15 is 0 Å². The quantitative estimate of drug-likeness (QED) is 0.188. The second kappa shape index (κ2) is 16.9. The number of unbranched alkanes of at least 4 members (excludes halogenated alkanes) is 8. The van der Waals surface area contributed by atoms with E-state index in [1.165, 1.54) is 7.11 Å². The average molecular weight is 535 g/mol. The van der Waals surface area contributed by atoms with Crippen LogP contribution in [0.3, 0.4) is 0 Å². The molecule has 0 spiro atoms. The predicted molar refractivity (Wildman–Crippen MR) is 142 cm³/mol. The van der Waals surface area contributed by atoms with Crippen molar-refractivity contribution >= 4 is 11.9 Å². The van der Waals surface area contributed by atoms with E-state index in [0.717, 1.165) is 69.8 Å². The number of ether oxygens (including phenoxy) is 6. The number of rotatable bonds is 16. The fourth-order valence-electron chi connectivity index (χ4n) is 4.94. The van der Waals surface area contributed by atoms with Crippen molar-refractivity contribution in [3.63, 3.8) is 0 Å². The lowest BCUT2D eigenvalue weighted by molar-refractivity contribution is -0.359. The molecule has 0 N–H and O–H groups in total. The van der Waals surface area contributed by atoms with Gasteiger partial charge in [0.25, 0.3) is 0 Å². The topological polar surface area (TPSA) is 89.5 Å². The van der Waals surface area contributed by atoms with Crippen LogP contribution in [0.4, 0.5) is 0 Å². The number of esters is 2. The van der Waals surface area contributed by atoms with E-state index in [0.29, 0.717) is 12.8 Å². The van der Waals surface area contributed by atoms with Crippen LogP contribution in [0.1, 0.15) is 103 Å². The molecule has 8 nitrogen and oxygen atoms in total. The Hall–Kier alpha value is -2.00. The third-order valence-corrected chi connectivity index (χ3v) is 7.09. The fourth-order valence-corrected chi connectivity index (χ4v) is 4.94. The first kappa shape index (κ1) is 30.5. The molecular weight excluding hydrogens is 488 g/mol. The normalized spacial score (nSPS) is 26.9. The molecule has 214 valence electrons. The van der Waals surface area contributed by atoms with Gasteiger partial charge in [0.15, 0.2) is 24.8 Å². The van der Waals surface area contributed by atoms with Crippen LogP contribution in [0.5, 0.6) is 0 Å². The largest absolute Gasteiger partial charge is 0.455 e. The molecule has 38 heavy (non-hydrogen) atoms. The molecule has 0 saturated carbocycles. The second-order valence-corrected chi connectivity index (χ2v) is 10.2. The molecule has 0 amide bonds. The number of fused-ring (bicyclic) bond motifs is 1. The lowest BCUT2D eigenvalue weighted by Gasteiger charge is -2.47. The van der Waals surface area contributed by atoms with Crippen LogP contribution in [0.2, 0.25) is 0 Å². The summed E-state index contributed by atoms with van der Waals surface area (Å²) in [5.74, 6) is -0.697. The molecule has 2 aliphatic heterocycles. The van der Waals surface area contributed by atoms with E-state index < -0.39 is 37.0 Å². The first-order valence-corrected chi connectivity index (χ1v) is 14.5. The summed E-state index contributed by atoms with van der Waals surface area (Å²) in [5.41, 5.74) is 0.849. The Morgan fingerprint density at radius 2 is 1.37 bits per heavy atom. The second-order valence-electron chi connectivity index (χ2n) is 10.2. The lowest BCUT2D eigenvalue weighted by Crippen LogP contribution is -2.64. The Bertz CT molecular complexity index is 816. The van der Waals surface area contributed by atoms with E-state index in [4.69, 9.17) is 28.4 Å². The summed E-state index contributed by atoms with van der Waals surface area (Å²) in [6.07, 6.45) is 6.23. The van der Waals surface area contributed by atoms with Crippen LogP contribution >= 0.6 is 0 Å². The van der Waals surface area contributed by atoms with E-state index in [2.05, 4.69) is 13.8 Å². The highest BCUT2D eigenvalue weighted by Gasteiger charge is 2.54. The van der Waals surface area contributed by atoms with Crippen LogP contribution in [-0.4, -0.2) is 56.4 Å². The molecule has 1 unspecified atom stereocenters. The number of hydrogen-bond donors (Lipinski definition) is 0. The van der Waals surface area contributed by atoms with Gasteiger partial charge in [0.1, 0.15) is 12.2 Å². The van der Waals surface area contributed by atoms with Crippen LogP contribution in [0.25, 0.3) is 0 Å². The molecule has 0 radical (unpaired) electrons. The third-order valence-electron chi connectivity index (χ3n) is 7.09. The molecule has 8 heteroatoms. The van der Waals surface area contributed by atoms with Gasteiger partial charge in [0, 0.05) is 25.5 Å². The molecule has 3 rings (SSSR count). The summed E-state index contributed by atoms with van der Waals surface area (Å²) in [6.45, 7) is 4.54. The van der Waals surface area contributed by atoms with Crippen molar-refractivity contribution in [3.05, 3.63) is 35.9 Å². The highest BCUT2D eigenvalue weighted by molar-refractivity contribution is 5.70. The fraction of sp³-hybridized carbons (Fsp3) is 0.733. The summed E-state index contributed by atoms with van der Waals surface area (Å²) >= 11 is 0. The Morgan fingerprint density at radius 3 is 1.95 bits per heavy atom. The van der Waals surface area contributed by atoms with Crippen molar-refractivity contribution in [2.24, 2.45) is 0 Å². The maximum absolute atomic E-state index is 12.9. The van der Waals surface area contributed by atoms with Crippen molar-refractivity contribution in [2.45, 2.75) is 128 Å². The molecular formula is C30H46O8. The summed E-state index contributed by atoms with van der Waals surface area (Å²) in [4.78, 5) is 25.8. The van der Waals surface area contributed by atoms with Gasteiger partial charge in [-0.2, -0.15) is 0 Å². The smallest absolute Gasteiger partial charge is 0.306 e. The van der Waals surface area contributed by atoms with E-state index in [9.17, 15) is 9.59 Å². The Labute approximate surface area is 227 Å². The van der Waals surface area contributed by atoms with Crippen LogP contribution in [0.15, 0.2) is 30.3 Å². The molecule has 1 aromatic rings. The van der Waals surface area contributed by atoms with Gasteiger partial charge >= 0.3 is 11.9 Å². The summed E-state index contributed by atoms with van der Waals surface area (Å²) in [7, 11) is 1.49. The Balaban J connectivity index is 1.71. The zero-order valence-corrected chi connectivity index (χ0v) is 23.3. The lowest BCUT2D eigenvalue weighted by atomic mass is 9.97. The molecule has 2 saturated heterocycles. The molecule has 0 bridgehead atoms. The van der Waals surface area contributed by atoms with Crippen molar-refractivity contribution < 1.29 is 38.0 Å². The minimum Gasteiger partial charge on any atom is -0.455 e. The highest BCUT2D eigenvalue weighted by Crippen LogP contribution is 2.37. The predicted octanol–water partition coefficient (Wildman–Crippen LogP) is 6.02. The van der Waals surface area contributed by atoms with Gasteiger partial charge in [-0.05, 0) is 12.8 Å². The molecule has 2 heterocycles. The molecule has 0 aromatic heterocycles. The first-order chi connectivity index (χ1) is 18.6. The van der Waals surface area contributed by atoms with Crippen LogP contribution in [-0.2, 0) is 38.0 Å². The zero-order valence-electron chi connectivity index (χ0n) is 23.3. The minimum atomic E-state index is -0.942. The standard InChI is InChI=1S/C30H46O8/c1-4-6-8-10-15-19-24(31)36-27-26-23(21-34-29(38-26)22-17-13-12-14-18-22)35-30(33-3)28(27)37-25(32)20-16-11-9-7-5-2/h12-14,17-18,23,26-30H,4-11,15-16,19-21H2,1-3H3/t23-,26-,27+,28-,29?,30+/m1/s1. The van der Waals surface area contributed by atoms with E-state index in [1.807, 2.05) is 30.3 Å². The van der Waals surface area contributed by atoms with Gasteiger partial charge < -0.3 is 28.4 Å². The van der Waals surface area contributed by atoms with Gasteiger partial charge in [0.05, 0.1) is 6.61 Å². The van der Waals surface area contributed by atoms with E-state index in [1.54, 1.807) is 0 Å². The summed E-state index contributed by atoms with van der Waals surface area (Å²) in [6, 6.07) is 9.58. The molecule has 6 atom stereocenters. The maximum Gasteiger partial charge on any atom is 0.306 e. The monoisotopic (exact) mass is 534 g/mol. The van der Waals surface area contributed by atoms with Crippen molar-refractivity contribution in [1.82, 2.24) is 0 Å². The molecule has 2 fully saturated rings. The number of benzene rings is 1. The van der Waals surface area contributed by atoms with Crippen LogP contribution in [0, 0.1) is 0 Å². The van der Waals surface area contributed by atoms with Crippen LogP contribution < -0.4 is 0 Å². The number of carbonyl (C=O) groups excluding carboxylic acids is 2. The highest BCUT2D eigenvalue weighted by atomic mass is 16.8. The summed E-state index contributed by atoms with van der Waals surface area (Å²) < 4.78 is 35.8. The first-order valence-electron chi connectivity index (χ1n) is 14.5. The van der Waals surface area contributed by atoms with Gasteiger partial charge in [-0.25, -0.2) is 0 Å².